The van der Waals surface area contributed by atoms with Gasteiger partial charge in [0.25, 0.3) is 0 Å². The fourth-order valence-corrected chi connectivity index (χ4v) is 2.18. The Balaban J connectivity index is 2.25. The monoisotopic (exact) mass is 282 g/mol. The van der Waals surface area contributed by atoms with Gasteiger partial charge in [-0.05, 0) is 11.4 Å². The predicted octanol–water partition coefficient (Wildman–Crippen LogP) is 1.80. The van der Waals surface area contributed by atoms with E-state index < -0.39 is 0 Å². The molecule has 0 saturated carbocycles. The van der Waals surface area contributed by atoms with Crippen molar-refractivity contribution in [2.75, 3.05) is 25.1 Å². The number of nitrogens with zero attached hydrogens (tertiary/aromatic N) is 6. The van der Waals surface area contributed by atoms with E-state index in [4.69, 9.17) is 21.9 Å². The van der Waals surface area contributed by atoms with E-state index in [-0.39, 0.29) is 29.3 Å². The van der Waals surface area contributed by atoms with Gasteiger partial charge in [0.05, 0.1) is 7.11 Å². The molecule has 1 aromatic rings. The third-order valence-corrected chi connectivity index (χ3v) is 3.08. The third kappa shape index (κ3) is 2.69. The Morgan fingerprint density at radius 2 is 2.47 bits per heavy atom. The lowest BCUT2D eigenvalue weighted by Crippen LogP contribution is -2.26. The normalized spacial score (nSPS) is 18.3. The smallest absolute Gasteiger partial charge is 0.228 e. The molecule has 1 aromatic heterocycles. The third-order valence-electron chi connectivity index (χ3n) is 2.81. The van der Waals surface area contributed by atoms with Crippen molar-refractivity contribution in [1.29, 1.82) is 0 Å². The summed E-state index contributed by atoms with van der Waals surface area (Å²) in [5.41, 5.74) is 8.30. The average Bonchev–Trinajstić information content (AvgIpc) is 2.77. The number of methoxy groups -OCH3 is 1. The van der Waals surface area contributed by atoms with Crippen LogP contribution < -0.4 is 9.64 Å². The second kappa shape index (κ2) is 5.73. The van der Waals surface area contributed by atoms with Crippen LogP contribution in [0.15, 0.2) is 11.4 Å². The molecule has 1 atom stereocenters. The Hall–Kier alpha value is -2.05. The number of rotatable bonds is 4. The Kier molecular flexibility index (Phi) is 4.03. The predicted molar refractivity (Wildman–Crippen MR) is 68.1 cm³/mol. The molecule has 0 radical (unpaired) electrons. The van der Waals surface area contributed by atoms with Gasteiger partial charge in [0.2, 0.25) is 5.91 Å². The molecule has 19 heavy (non-hydrogen) atoms. The summed E-state index contributed by atoms with van der Waals surface area (Å²) in [4.78, 5) is 24.0. The molecule has 0 aliphatic carbocycles. The van der Waals surface area contributed by atoms with Crippen LogP contribution in [0.25, 0.3) is 10.4 Å². The van der Waals surface area contributed by atoms with Crippen LogP contribution in [-0.2, 0) is 4.79 Å². The molecular weight excluding hydrogens is 272 g/mol. The number of amides is 1. The summed E-state index contributed by atoms with van der Waals surface area (Å²) in [7, 11) is 1.44. The maximum Gasteiger partial charge on any atom is 0.228 e. The molecule has 1 aliphatic heterocycles. The summed E-state index contributed by atoms with van der Waals surface area (Å²) >= 11 is 5.90. The number of carbonyl (C=O) groups excluding carboxylic acids is 1. The summed E-state index contributed by atoms with van der Waals surface area (Å²) in [5, 5.41) is 3.64. The van der Waals surface area contributed by atoms with Gasteiger partial charge in [-0.25, -0.2) is 9.97 Å². The number of aromatic nitrogens is 2. The van der Waals surface area contributed by atoms with Crippen molar-refractivity contribution < 1.29 is 9.53 Å². The van der Waals surface area contributed by atoms with Gasteiger partial charge in [0.1, 0.15) is 6.33 Å². The molecule has 9 heteroatoms. The molecule has 0 bridgehead atoms. The maximum atomic E-state index is 12.0. The molecular formula is C10H11ClN6O2. The van der Waals surface area contributed by atoms with Crippen molar-refractivity contribution in [2.45, 2.75) is 6.42 Å². The highest BCUT2D eigenvalue weighted by Gasteiger charge is 2.33. The fourth-order valence-electron chi connectivity index (χ4n) is 1.97. The molecule has 0 aromatic carbocycles. The summed E-state index contributed by atoms with van der Waals surface area (Å²) < 4.78 is 5.12. The van der Waals surface area contributed by atoms with Gasteiger partial charge in [-0.3, -0.25) is 9.69 Å². The first-order chi connectivity index (χ1) is 9.17. The van der Waals surface area contributed by atoms with E-state index in [1.807, 2.05) is 0 Å². The highest BCUT2D eigenvalue weighted by molar-refractivity contribution is 6.31. The van der Waals surface area contributed by atoms with E-state index in [1.54, 1.807) is 0 Å². The first-order valence-electron chi connectivity index (χ1n) is 5.53. The molecule has 2 heterocycles. The maximum absolute atomic E-state index is 12.0. The lowest BCUT2D eigenvalue weighted by Gasteiger charge is -2.18. The first kappa shape index (κ1) is 13.4. The highest BCUT2D eigenvalue weighted by atomic mass is 35.5. The topological polar surface area (TPSA) is 104 Å². The Labute approximate surface area is 114 Å². The number of ether oxygens (including phenoxy) is 1. The van der Waals surface area contributed by atoms with Crippen LogP contribution in [-0.4, -0.2) is 36.1 Å². The molecule has 0 spiro atoms. The summed E-state index contributed by atoms with van der Waals surface area (Å²) in [6.45, 7) is 0.696. The number of hydrogen-bond acceptors (Lipinski definition) is 5. The van der Waals surface area contributed by atoms with E-state index >= 15 is 0 Å². The van der Waals surface area contributed by atoms with Gasteiger partial charge in [-0.1, -0.05) is 16.7 Å². The second-order valence-corrected chi connectivity index (χ2v) is 4.37. The number of halogens is 1. The first-order valence-corrected chi connectivity index (χ1v) is 5.91. The summed E-state index contributed by atoms with van der Waals surface area (Å²) in [5.74, 6) is 0.478. The van der Waals surface area contributed by atoms with Gasteiger partial charge < -0.3 is 4.74 Å². The van der Waals surface area contributed by atoms with Gasteiger partial charge in [-0.2, -0.15) is 0 Å². The van der Waals surface area contributed by atoms with Gasteiger partial charge in [0, 0.05) is 24.4 Å². The van der Waals surface area contributed by atoms with Crippen LogP contribution in [0.5, 0.6) is 5.75 Å². The molecule has 100 valence electrons. The van der Waals surface area contributed by atoms with Gasteiger partial charge >= 0.3 is 0 Å². The quantitative estimate of drug-likeness (QED) is 0.363. The van der Waals surface area contributed by atoms with Crippen LogP contribution in [0.3, 0.4) is 0 Å². The minimum absolute atomic E-state index is 0.0261. The van der Waals surface area contributed by atoms with Crippen LogP contribution in [0.2, 0.25) is 5.15 Å². The summed E-state index contributed by atoms with van der Waals surface area (Å²) in [6, 6.07) is 0. The number of anilines is 1. The zero-order chi connectivity index (χ0) is 13.8. The van der Waals surface area contributed by atoms with Crippen molar-refractivity contribution in [3.8, 4) is 5.75 Å². The van der Waals surface area contributed by atoms with Crippen molar-refractivity contribution in [1.82, 2.24) is 9.97 Å². The molecule has 1 saturated heterocycles. The van der Waals surface area contributed by atoms with E-state index in [9.17, 15) is 4.79 Å². The van der Waals surface area contributed by atoms with Gasteiger partial charge in [0.15, 0.2) is 16.7 Å². The van der Waals surface area contributed by atoms with E-state index in [1.165, 1.54) is 18.3 Å². The molecule has 1 amide bonds. The lowest BCUT2D eigenvalue weighted by molar-refractivity contribution is -0.117. The largest absolute Gasteiger partial charge is 0.490 e. The van der Waals surface area contributed by atoms with E-state index in [0.29, 0.717) is 18.8 Å². The SMILES string of the molecule is COc1c(Cl)ncnc1N1CC(CN=[N+]=[N-])CC1=O. The van der Waals surface area contributed by atoms with Crippen LogP contribution in [0.1, 0.15) is 6.42 Å². The van der Waals surface area contributed by atoms with Gasteiger partial charge in [-0.15, -0.1) is 0 Å². The second-order valence-electron chi connectivity index (χ2n) is 4.01. The molecule has 1 fully saturated rings. The Morgan fingerprint density at radius 1 is 1.68 bits per heavy atom. The van der Waals surface area contributed by atoms with Crippen molar-refractivity contribution in [2.24, 2.45) is 11.0 Å². The fraction of sp³-hybridized carbons (Fsp3) is 0.500. The summed E-state index contributed by atoms with van der Waals surface area (Å²) in [6.07, 6.45) is 1.58. The molecule has 8 nitrogen and oxygen atoms in total. The Morgan fingerprint density at radius 3 is 3.16 bits per heavy atom. The zero-order valence-corrected chi connectivity index (χ0v) is 10.9. The van der Waals surface area contributed by atoms with Crippen LogP contribution in [0, 0.1) is 5.92 Å². The number of carbonyl (C=O) groups is 1. The zero-order valence-electron chi connectivity index (χ0n) is 10.2. The van der Waals surface area contributed by atoms with Crippen LogP contribution >= 0.6 is 11.6 Å². The van der Waals surface area contributed by atoms with Crippen LogP contribution in [0.4, 0.5) is 5.82 Å². The average molecular weight is 283 g/mol. The standard InChI is InChI=1S/C10H11ClN6O2/c1-19-8-9(11)13-5-14-10(8)17-4-6(2-7(17)18)3-15-16-12/h5-6H,2-4H2,1H3. The van der Waals surface area contributed by atoms with Crippen molar-refractivity contribution >= 4 is 23.3 Å². The molecule has 0 N–H and O–H groups in total. The van der Waals surface area contributed by atoms with Crippen molar-refractivity contribution in [3.63, 3.8) is 0 Å². The van der Waals surface area contributed by atoms with E-state index in [0.717, 1.165) is 0 Å². The molecule has 1 aliphatic rings. The minimum atomic E-state index is -0.105. The molecule has 1 unspecified atom stereocenters. The minimum Gasteiger partial charge on any atom is -0.490 e. The lowest BCUT2D eigenvalue weighted by atomic mass is 10.1. The van der Waals surface area contributed by atoms with E-state index in [2.05, 4.69) is 20.0 Å². The van der Waals surface area contributed by atoms with Crippen molar-refractivity contribution in [3.05, 3.63) is 21.9 Å². The molecule has 2 rings (SSSR count). The Bertz CT molecular complexity index is 545. The highest BCUT2D eigenvalue weighted by Crippen LogP contribution is 2.34. The number of hydrogen-bond donors (Lipinski definition) is 0. The number of azide groups is 1.